The number of halogens is 1. The third-order valence-electron chi connectivity index (χ3n) is 6.20. The summed E-state index contributed by atoms with van der Waals surface area (Å²) in [5, 5.41) is -0.760. The second kappa shape index (κ2) is 9.20. The Morgan fingerprint density at radius 3 is 2.53 bits per heavy atom. The molecule has 1 saturated heterocycles. The van der Waals surface area contributed by atoms with Gasteiger partial charge in [-0.3, -0.25) is 18.6 Å². The fourth-order valence-electron chi connectivity index (χ4n) is 4.37. The molecule has 1 aliphatic rings. The van der Waals surface area contributed by atoms with Gasteiger partial charge in [-0.25, -0.2) is 18.1 Å². The number of anilines is 1. The predicted molar refractivity (Wildman–Crippen MR) is 143 cm³/mol. The van der Waals surface area contributed by atoms with Crippen LogP contribution in [0.3, 0.4) is 0 Å². The van der Waals surface area contributed by atoms with Crippen molar-refractivity contribution in [2.24, 2.45) is 0 Å². The summed E-state index contributed by atoms with van der Waals surface area (Å²) in [7, 11) is -7.25. The molecule has 5 N–H and O–H groups in total. The molecule has 2 heterocycles. The molecule has 0 radical (unpaired) electrons. The lowest BCUT2D eigenvalue weighted by Crippen LogP contribution is -2.18. The van der Waals surface area contributed by atoms with Gasteiger partial charge in [0.05, 0.1) is 22.3 Å². The summed E-state index contributed by atoms with van der Waals surface area (Å²) < 4.78 is 52.6. The zero-order valence-electron chi connectivity index (χ0n) is 19.0. The number of carbonyl (C=O) groups is 1. The smallest absolute Gasteiger partial charge is 0.264 e. The second-order valence-electron chi connectivity index (χ2n) is 8.56. The fraction of sp³-hybridized carbons (Fsp3) is 0.167. The lowest BCUT2D eigenvalue weighted by atomic mass is 9.92. The number of imidazole rings is 1. The van der Waals surface area contributed by atoms with E-state index < -0.39 is 32.0 Å². The molecule has 0 aliphatic carbocycles. The number of hydrogen-bond donors (Lipinski definition) is 5. The molecule has 12 heteroatoms. The van der Waals surface area contributed by atoms with Crippen molar-refractivity contribution in [3.8, 4) is 0 Å². The van der Waals surface area contributed by atoms with E-state index in [4.69, 9.17) is 0 Å². The maximum atomic E-state index is 13.4. The lowest BCUT2D eigenvalue weighted by molar-refractivity contribution is -0.118. The maximum Gasteiger partial charge on any atom is 0.264 e. The van der Waals surface area contributed by atoms with Crippen molar-refractivity contribution in [1.29, 1.82) is 0 Å². The summed E-state index contributed by atoms with van der Waals surface area (Å²) in [6.07, 6.45) is -0.0234. The largest absolute Gasteiger partial charge is 0.323 e. The molecule has 5 rings (SSSR count). The fourth-order valence-corrected chi connectivity index (χ4v) is 7.97. The zero-order chi connectivity index (χ0) is 25.7. The number of nitrogens with zero attached hydrogens (tertiary/aromatic N) is 1. The van der Waals surface area contributed by atoms with Crippen molar-refractivity contribution < 1.29 is 22.3 Å². The minimum absolute atomic E-state index is 0.0234. The van der Waals surface area contributed by atoms with Crippen molar-refractivity contribution >= 4 is 59.6 Å². The lowest BCUT2D eigenvalue weighted by Gasteiger charge is -2.33. The van der Waals surface area contributed by atoms with Crippen LogP contribution in [-0.2, 0) is 14.8 Å². The number of fused-ring (bicyclic) bond motifs is 1. The normalized spacial score (nSPS) is 19.1. The van der Waals surface area contributed by atoms with E-state index in [0.717, 1.165) is 11.1 Å². The number of rotatable bonds is 6. The minimum atomic E-state index is -3.96. The zero-order valence-corrected chi connectivity index (χ0v) is 22.2. The number of sulfonamides is 1. The van der Waals surface area contributed by atoms with Crippen LogP contribution < -0.4 is 9.44 Å². The molecule has 9 nitrogen and oxygen atoms in total. The molecule has 36 heavy (non-hydrogen) atoms. The van der Waals surface area contributed by atoms with Crippen LogP contribution >= 0.6 is 26.7 Å². The summed E-state index contributed by atoms with van der Waals surface area (Å²) in [6.45, 7) is 1.89. The van der Waals surface area contributed by atoms with E-state index in [1.165, 1.54) is 0 Å². The van der Waals surface area contributed by atoms with Crippen LogP contribution in [0.4, 0.5) is 5.95 Å². The number of hydrogen-bond acceptors (Lipinski definition) is 6. The van der Waals surface area contributed by atoms with Crippen molar-refractivity contribution in [2.45, 2.75) is 29.4 Å². The first-order valence-corrected chi connectivity index (χ1v) is 14.9. The van der Waals surface area contributed by atoms with Crippen molar-refractivity contribution in [2.75, 3.05) is 4.72 Å². The quantitative estimate of drug-likeness (QED) is 0.200. The van der Waals surface area contributed by atoms with Crippen LogP contribution in [0.15, 0.2) is 76.1 Å². The van der Waals surface area contributed by atoms with Crippen molar-refractivity contribution in [3.05, 3.63) is 87.9 Å². The van der Waals surface area contributed by atoms with Crippen LogP contribution in [0.25, 0.3) is 11.0 Å². The van der Waals surface area contributed by atoms with Gasteiger partial charge in [-0.05, 0) is 41.0 Å². The number of nitrogens with one attached hydrogen (secondary N) is 3. The predicted octanol–water partition coefficient (Wildman–Crippen LogP) is 5.50. The Kier molecular flexibility index (Phi) is 6.33. The molecular formula is C24H23BrN4O5S2. The highest BCUT2D eigenvalue weighted by Crippen LogP contribution is 2.57. The monoisotopic (exact) mass is 590 g/mol. The molecule has 1 aromatic heterocycles. The summed E-state index contributed by atoms with van der Waals surface area (Å²) in [5.74, 6) is -0.604. The number of aromatic amines is 1. The third-order valence-corrected chi connectivity index (χ3v) is 10.0. The first-order chi connectivity index (χ1) is 17.0. The van der Waals surface area contributed by atoms with E-state index in [2.05, 4.69) is 35.3 Å². The molecule has 0 bridgehead atoms. The number of aromatic nitrogens is 2. The van der Waals surface area contributed by atoms with E-state index in [1.807, 2.05) is 31.2 Å². The molecule has 2 atom stereocenters. The van der Waals surface area contributed by atoms with Gasteiger partial charge >= 0.3 is 0 Å². The van der Waals surface area contributed by atoms with Crippen LogP contribution in [0.5, 0.6) is 0 Å². The highest BCUT2D eigenvalue weighted by Gasteiger charge is 2.39. The highest BCUT2D eigenvalue weighted by atomic mass is 79.9. The average molecular weight is 592 g/mol. The number of para-hydroxylation sites is 2. The van der Waals surface area contributed by atoms with Crippen LogP contribution in [-0.4, -0.2) is 33.4 Å². The van der Waals surface area contributed by atoms with E-state index in [1.54, 1.807) is 42.5 Å². The SMILES string of the molecule is CC(c1ccc(C2CC(=O)NS2(O)O)c(Br)c1)c1ccccc1S(=O)(=O)Nc1nc2ccccc2[nH]1. The molecule has 1 fully saturated rings. The Bertz CT molecular complexity index is 1560. The molecule has 1 aliphatic heterocycles. The van der Waals surface area contributed by atoms with Crippen LogP contribution in [0.2, 0.25) is 0 Å². The highest BCUT2D eigenvalue weighted by molar-refractivity contribution is 9.10. The molecule has 1 amide bonds. The Morgan fingerprint density at radius 1 is 1.11 bits per heavy atom. The molecule has 2 unspecified atom stereocenters. The summed E-state index contributed by atoms with van der Waals surface area (Å²) in [6, 6.07) is 19.4. The first kappa shape index (κ1) is 24.8. The van der Waals surface area contributed by atoms with Gasteiger partial charge in [-0.1, -0.05) is 65.3 Å². The Hall–Kier alpha value is -2.90. The number of H-pyrrole nitrogens is 1. The van der Waals surface area contributed by atoms with Gasteiger partial charge < -0.3 is 4.98 Å². The number of amides is 1. The van der Waals surface area contributed by atoms with Gasteiger partial charge in [0.2, 0.25) is 11.9 Å². The van der Waals surface area contributed by atoms with Gasteiger partial charge in [-0.2, -0.15) is 0 Å². The average Bonchev–Trinajstić information content (AvgIpc) is 3.35. The third kappa shape index (κ3) is 4.62. The molecular weight excluding hydrogens is 568 g/mol. The first-order valence-electron chi connectivity index (χ1n) is 11.0. The molecule has 188 valence electrons. The van der Waals surface area contributed by atoms with E-state index in [9.17, 15) is 22.3 Å². The van der Waals surface area contributed by atoms with E-state index >= 15 is 0 Å². The number of benzene rings is 3. The van der Waals surface area contributed by atoms with Gasteiger partial charge in [0.25, 0.3) is 10.0 Å². The Morgan fingerprint density at radius 2 is 1.83 bits per heavy atom. The van der Waals surface area contributed by atoms with Crippen molar-refractivity contribution in [1.82, 2.24) is 14.7 Å². The van der Waals surface area contributed by atoms with Gasteiger partial charge in [0.1, 0.15) is 5.25 Å². The topological polar surface area (TPSA) is 144 Å². The Balaban J connectivity index is 1.46. The van der Waals surface area contributed by atoms with Crippen LogP contribution in [0.1, 0.15) is 41.2 Å². The van der Waals surface area contributed by atoms with Crippen LogP contribution in [0, 0.1) is 0 Å². The van der Waals surface area contributed by atoms with Gasteiger partial charge in [0, 0.05) is 10.4 Å². The summed E-state index contributed by atoms with van der Waals surface area (Å²) in [5.41, 5.74) is 3.36. The number of carbonyl (C=O) groups excluding carboxylic acids is 1. The summed E-state index contributed by atoms with van der Waals surface area (Å²) in [4.78, 5) is 19.1. The Labute approximate surface area is 218 Å². The van der Waals surface area contributed by atoms with Gasteiger partial charge in [0.15, 0.2) is 0 Å². The molecule has 3 aromatic carbocycles. The van der Waals surface area contributed by atoms with E-state index in [0.29, 0.717) is 21.1 Å². The van der Waals surface area contributed by atoms with Gasteiger partial charge in [-0.15, -0.1) is 10.8 Å². The summed E-state index contributed by atoms with van der Waals surface area (Å²) >= 11 is 3.50. The second-order valence-corrected chi connectivity index (χ2v) is 13.0. The maximum absolute atomic E-state index is 13.4. The minimum Gasteiger partial charge on any atom is -0.323 e. The molecule has 0 spiro atoms. The van der Waals surface area contributed by atoms with Crippen molar-refractivity contribution in [3.63, 3.8) is 0 Å². The molecule has 4 aromatic rings. The standard InChI is InChI=1S/C24H23BrN4O5S2/c1-14(15-10-11-17(18(25)12-15)22-13-23(30)28-36(22,33)34)16-6-2-5-9-21(16)35(31,32)29-24-26-19-7-3-4-8-20(19)27-24/h2-12,14,22,33-34H,13H2,1H3,(H,28,30)(H2,26,27,29). The molecule has 0 saturated carbocycles. The van der Waals surface area contributed by atoms with E-state index in [-0.39, 0.29) is 23.2 Å².